The van der Waals surface area contributed by atoms with Crippen molar-refractivity contribution in [2.45, 2.75) is 38.4 Å². The molecule has 0 bridgehead atoms. The molecule has 1 aromatic heterocycles. The van der Waals surface area contributed by atoms with Crippen LogP contribution in [-0.2, 0) is 14.3 Å². The summed E-state index contributed by atoms with van der Waals surface area (Å²) in [6, 6.07) is 23.2. The van der Waals surface area contributed by atoms with Gasteiger partial charge < -0.3 is 13.9 Å². The third-order valence-corrected chi connectivity index (χ3v) is 4.54. The fraction of sp³-hybridized carbons (Fsp3) is 0.292. The highest BCUT2D eigenvalue weighted by molar-refractivity contribution is 5.71. The lowest BCUT2D eigenvalue weighted by atomic mass is 10.0. The lowest BCUT2D eigenvalue weighted by molar-refractivity contribution is -0.155. The molecule has 146 valence electrons. The minimum Gasteiger partial charge on any atom is -0.467 e. The molecule has 4 nitrogen and oxygen atoms in total. The summed E-state index contributed by atoms with van der Waals surface area (Å²) in [4.78, 5) is 12.6. The smallest absolute Gasteiger partial charge is 0.333 e. The van der Waals surface area contributed by atoms with Gasteiger partial charge in [0.05, 0.1) is 6.26 Å². The summed E-state index contributed by atoms with van der Waals surface area (Å²) in [5.74, 6) is 0.342. The molecule has 0 amide bonds. The van der Waals surface area contributed by atoms with Gasteiger partial charge in [0, 0.05) is 0 Å². The van der Waals surface area contributed by atoms with Crippen LogP contribution in [0.5, 0.6) is 0 Å². The van der Waals surface area contributed by atoms with Crippen LogP contribution in [0.25, 0.3) is 0 Å². The average molecular weight is 378 g/mol. The predicted molar refractivity (Wildman–Crippen MR) is 108 cm³/mol. The molecule has 4 heteroatoms. The maximum absolute atomic E-state index is 12.6. The first-order valence-corrected chi connectivity index (χ1v) is 9.72. The second kappa shape index (κ2) is 10.5. The van der Waals surface area contributed by atoms with E-state index < -0.39 is 12.1 Å². The zero-order valence-corrected chi connectivity index (χ0v) is 16.1. The number of hydrogen-bond acceptors (Lipinski definition) is 4. The van der Waals surface area contributed by atoms with E-state index in [0.717, 1.165) is 36.1 Å². The number of carbonyl (C=O) groups is 1. The van der Waals surface area contributed by atoms with E-state index in [1.165, 1.54) is 0 Å². The second-order valence-electron chi connectivity index (χ2n) is 6.65. The molecule has 1 unspecified atom stereocenters. The van der Waals surface area contributed by atoms with Crippen LogP contribution in [0.2, 0.25) is 0 Å². The maximum atomic E-state index is 12.6. The summed E-state index contributed by atoms with van der Waals surface area (Å²) in [5.41, 5.74) is 1.85. The molecular weight excluding hydrogens is 352 g/mol. The van der Waals surface area contributed by atoms with E-state index in [9.17, 15) is 4.79 Å². The summed E-state index contributed by atoms with van der Waals surface area (Å²) in [6.45, 7) is 2.00. The summed E-state index contributed by atoms with van der Waals surface area (Å²) in [5, 5.41) is 0. The van der Waals surface area contributed by atoms with Crippen LogP contribution in [0.4, 0.5) is 0 Å². The van der Waals surface area contributed by atoms with Gasteiger partial charge in [-0.05, 0) is 29.7 Å². The Hall–Kier alpha value is -2.85. The van der Waals surface area contributed by atoms with Gasteiger partial charge in [-0.25, -0.2) is 4.79 Å². The van der Waals surface area contributed by atoms with Crippen molar-refractivity contribution in [1.82, 2.24) is 0 Å². The van der Waals surface area contributed by atoms with Gasteiger partial charge >= 0.3 is 5.97 Å². The Morgan fingerprint density at radius 3 is 2.11 bits per heavy atom. The van der Waals surface area contributed by atoms with E-state index in [2.05, 4.69) is 6.92 Å². The molecule has 1 atom stereocenters. The molecule has 1 heterocycles. The van der Waals surface area contributed by atoms with Crippen LogP contribution >= 0.6 is 0 Å². The number of hydrogen-bond donors (Lipinski definition) is 0. The topological polar surface area (TPSA) is 48.7 Å². The Morgan fingerprint density at radius 2 is 1.57 bits per heavy atom. The van der Waals surface area contributed by atoms with Gasteiger partial charge in [0.15, 0.2) is 6.10 Å². The molecule has 0 saturated heterocycles. The molecule has 0 spiro atoms. The van der Waals surface area contributed by atoms with Gasteiger partial charge in [-0.3, -0.25) is 0 Å². The first-order valence-electron chi connectivity index (χ1n) is 9.72. The molecular formula is C24H26O4. The largest absolute Gasteiger partial charge is 0.467 e. The monoisotopic (exact) mass is 378 g/mol. The Bertz CT molecular complexity index is 773. The number of ether oxygens (including phenoxy) is 2. The SMILES string of the molecule is CCCCC(OCC(=O)OC(c1ccccc1)c1ccccc1)c1ccco1. The van der Waals surface area contributed by atoms with Crippen LogP contribution in [-0.4, -0.2) is 12.6 Å². The number of benzene rings is 2. The molecule has 3 rings (SSSR count). The quantitative estimate of drug-likeness (QED) is 0.415. The van der Waals surface area contributed by atoms with Crippen LogP contribution in [0.3, 0.4) is 0 Å². The lowest BCUT2D eigenvalue weighted by Crippen LogP contribution is -2.19. The van der Waals surface area contributed by atoms with E-state index in [1.807, 2.05) is 72.8 Å². The van der Waals surface area contributed by atoms with Crippen molar-refractivity contribution in [1.29, 1.82) is 0 Å². The maximum Gasteiger partial charge on any atom is 0.333 e. The minimum atomic E-state index is -0.462. The van der Waals surface area contributed by atoms with E-state index in [1.54, 1.807) is 6.26 Å². The van der Waals surface area contributed by atoms with Crippen molar-refractivity contribution in [2.75, 3.05) is 6.61 Å². The van der Waals surface area contributed by atoms with E-state index >= 15 is 0 Å². The molecule has 0 fully saturated rings. The van der Waals surface area contributed by atoms with Crippen LogP contribution in [0, 0.1) is 0 Å². The average Bonchev–Trinajstić information content (AvgIpc) is 3.28. The molecule has 3 aromatic rings. The number of rotatable bonds is 10. The highest BCUT2D eigenvalue weighted by Crippen LogP contribution is 2.27. The standard InChI is InChI=1S/C24H26O4/c1-2-3-15-22(21-16-10-17-26-21)27-18-23(25)28-24(19-11-6-4-7-12-19)20-13-8-5-9-14-20/h4-14,16-17,22,24H,2-3,15,18H2,1H3. The molecule has 0 aliphatic rings. The summed E-state index contributed by atoms with van der Waals surface area (Å²) >= 11 is 0. The number of furan rings is 1. The summed E-state index contributed by atoms with van der Waals surface area (Å²) < 4.78 is 17.1. The Morgan fingerprint density at radius 1 is 0.929 bits per heavy atom. The highest BCUT2D eigenvalue weighted by atomic mass is 16.6. The van der Waals surface area contributed by atoms with Gasteiger partial charge in [-0.1, -0.05) is 80.4 Å². The summed E-state index contributed by atoms with van der Waals surface area (Å²) in [7, 11) is 0. The van der Waals surface area contributed by atoms with Crippen LogP contribution in [0.1, 0.15) is 55.3 Å². The van der Waals surface area contributed by atoms with Crippen LogP contribution < -0.4 is 0 Å². The van der Waals surface area contributed by atoms with Crippen LogP contribution in [0.15, 0.2) is 83.5 Å². The first-order chi connectivity index (χ1) is 13.8. The molecule has 0 N–H and O–H groups in total. The van der Waals surface area contributed by atoms with Crippen molar-refractivity contribution in [3.63, 3.8) is 0 Å². The third kappa shape index (κ3) is 5.57. The Balaban J connectivity index is 1.66. The molecule has 28 heavy (non-hydrogen) atoms. The highest BCUT2D eigenvalue weighted by Gasteiger charge is 2.21. The van der Waals surface area contributed by atoms with E-state index in [0.29, 0.717) is 0 Å². The third-order valence-electron chi connectivity index (χ3n) is 4.54. The number of carbonyl (C=O) groups excluding carboxylic acids is 1. The minimum absolute atomic E-state index is 0.120. The Labute approximate surface area is 166 Å². The van der Waals surface area contributed by atoms with Gasteiger partial charge in [-0.2, -0.15) is 0 Å². The molecule has 0 radical (unpaired) electrons. The molecule has 0 aliphatic carbocycles. The summed E-state index contributed by atoms with van der Waals surface area (Å²) in [6.07, 6.45) is 3.77. The zero-order chi connectivity index (χ0) is 19.6. The van der Waals surface area contributed by atoms with Crippen molar-refractivity contribution in [3.8, 4) is 0 Å². The van der Waals surface area contributed by atoms with Crippen molar-refractivity contribution in [3.05, 3.63) is 95.9 Å². The van der Waals surface area contributed by atoms with Gasteiger partial charge in [0.1, 0.15) is 18.5 Å². The van der Waals surface area contributed by atoms with E-state index in [4.69, 9.17) is 13.9 Å². The van der Waals surface area contributed by atoms with Crippen molar-refractivity contribution >= 4 is 5.97 Å². The number of esters is 1. The fourth-order valence-corrected chi connectivity index (χ4v) is 3.09. The first kappa shape index (κ1) is 19.9. The number of unbranched alkanes of at least 4 members (excludes halogenated alkanes) is 1. The second-order valence-corrected chi connectivity index (χ2v) is 6.65. The molecule has 0 aliphatic heterocycles. The normalized spacial score (nSPS) is 12.1. The van der Waals surface area contributed by atoms with E-state index in [-0.39, 0.29) is 12.7 Å². The van der Waals surface area contributed by atoms with Gasteiger partial charge in [-0.15, -0.1) is 0 Å². The Kier molecular flexibility index (Phi) is 7.44. The lowest BCUT2D eigenvalue weighted by Gasteiger charge is -2.20. The molecule has 0 saturated carbocycles. The van der Waals surface area contributed by atoms with Crippen molar-refractivity contribution in [2.24, 2.45) is 0 Å². The fourth-order valence-electron chi connectivity index (χ4n) is 3.09. The van der Waals surface area contributed by atoms with Crippen molar-refractivity contribution < 1.29 is 18.7 Å². The van der Waals surface area contributed by atoms with Gasteiger partial charge in [0.25, 0.3) is 0 Å². The zero-order valence-electron chi connectivity index (χ0n) is 16.1. The van der Waals surface area contributed by atoms with Gasteiger partial charge in [0.2, 0.25) is 0 Å². The molecule has 2 aromatic carbocycles. The predicted octanol–water partition coefficient (Wildman–Crippen LogP) is 5.86.